The van der Waals surface area contributed by atoms with Crippen LogP contribution >= 0.6 is 0 Å². The van der Waals surface area contributed by atoms with E-state index in [1.165, 1.54) is 0 Å². The van der Waals surface area contributed by atoms with Crippen LogP contribution in [-0.2, 0) is 0 Å². The van der Waals surface area contributed by atoms with Crippen LogP contribution in [0.4, 0.5) is 0 Å². The molecule has 0 bridgehead atoms. The standard InChI is InChI=1S/C4H8O/c1-4(5)2-3-4/h5H,2-3H2,1H3/i5D. The van der Waals surface area contributed by atoms with Crippen LogP contribution in [0.3, 0.4) is 0 Å². The van der Waals surface area contributed by atoms with E-state index in [4.69, 9.17) is 1.43 Å². The lowest BCUT2D eigenvalue weighted by Gasteiger charge is -1.86. The van der Waals surface area contributed by atoms with E-state index in [0.717, 1.165) is 12.8 Å². The number of aliphatic hydroxyl groups is 1. The van der Waals surface area contributed by atoms with Gasteiger partial charge in [-0.25, -0.2) is 0 Å². The summed E-state index contributed by atoms with van der Waals surface area (Å²) >= 11 is 0. The molecule has 0 heterocycles. The highest BCUT2D eigenvalue weighted by atomic mass is 16.3. The molecule has 1 aliphatic carbocycles. The Kier molecular flexibility index (Phi) is 0.240. The average molecular weight is 73.1 g/mol. The Bertz CT molecular complexity index is 58.6. The molecule has 0 spiro atoms. The maximum absolute atomic E-state index is 6.42. The van der Waals surface area contributed by atoms with Gasteiger partial charge in [0.25, 0.3) is 0 Å². The van der Waals surface area contributed by atoms with Gasteiger partial charge in [0.2, 0.25) is 1.43 Å². The molecule has 1 aliphatic rings. The quantitative estimate of drug-likeness (QED) is 0.480. The van der Waals surface area contributed by atoms with Gasteiger partial charge in [-0.3, -0.25) is 0 Å². The second-order valence-corrected chi connectivity index (χ2v) is 1.95. The molecule has 0 aliphatic heterocycles. The fourth-order valence-corrected chi connectivity index (χ4v) is 0.176. The fourth-order valence-electron chi connectivity index (χ4n) is 0.176. The molecule has 0 aromatic carbocycles. The molecular formula is C4H8O. The van der Waals surface area contributed by atoms with Crippen LogP contribution in [0.2, 0.25) is 0 Å². The molecule has 0 amide bonds. The Labute approximate surface area is 33.1 Å². The third-order valence-electron chi connectivity index (χ3n) is 0.954. The lowest BCUT2D eigenvalue weighted by atomic mass is 10.4. The van der Waals surface area contributed by atoms with Gasteiger partial charge in [-0.05, 0) is 19.8 Å². The second-order valence-electron chi connectivity index (χ2n) is 1.95. The van der Waals surface area contributed by atoms with Crippen molar-refractivity contribution in [1.29, 1.82) is 1.43 Å². The van der Waals surface area contributed by atoms with Crippen molar-refractivity contribution in [2.24, 2.45) is 0 Å². The van der Waals surface area contributed by atoms with E-state index < -0.39 is 0 Å². The van der Waals surface area contributed by atoms with E-state index in [9.17, 15) is 0 Å². The van der Waals surface area contributed by atoms with Crippen molar-refractivity contribution in [2.75, 3.05) is 0 Å². The van der Waals surface area contributed by atoms with Crippen molar-refractivity contribution < 1.29 is 5.11 Å². The Hall–Kier alpha value is -0.0400. The van der Waals surface area contributed by atoms with Gasteiger partial charge in [-0.15, -0.1) is 0 Å². The number of rotatable bonds is 1. The largest absolute Gasteiger partial charge is 0.390 e. The SMILES string of the molecule is [2H]OC1(C)CC1. The highest BCUT2D eigenvalue weighted by molar-refractivity contribution is 4.87. The first-order valence-corrected chi connectivity index (χ1v) is 1.91. The van der Waals surface area contributed by atoms with E-state index in [2.05, 4.69) is 5.11 Å². The molecule has 0 radical (unpaired) electrons. The zero-order valence-electron chi connectivity index (χ0n) is 4.32. The third kappa shape index (κ3) is 0.618. The van der Waals surface area contributed by atoms with E-state index >= 15 is 0 Å². The monoisotopic (exact) mass is 73.1 g/mol. The van der Waals surface area contributed by atoms with Gasteiger partial charge in [-0.2, -0.15) is 0 Å². The molecule has 1 nitrogen and oxygen atoms in total. The highest BCUT2D eigenvalue weighted by Gasteiger charge is 2.33. The third-order valence-corrected chi connectivity index (χ3v) is 0.954. The summed E-state index contributed by atoms with van der Waals surface area (Å²) in [5, 5.41) is 4.30. The molecule has 1 fully saturated rings. The maximum atomic E-state index is 6.42. The molecule has 0 unspecified atom stereocenters. The van der Waals surface area contributed by atoms with Crippen molar-refractivity contribution in [3.05, 3.63) is 0 Å². The molecular weight excluding hydrogens is 64.0 g/mol. The van der Waals surface area contributed by atoms with Crippen molar-refractivity contribution >= 4 is 0 Å². The molecule has 1 heteroatoms. The molecule has 0 atom stereocenters. The van der Waals surface area contributed by atoms with Crippen LogP contribution in [0.5, 0.6) is 0 Å². The first kappa shape index (κ1) is 2.19. The number of hydrogen-bond acceptors (Lipinski definition) is 1. The summed E-state index contributed by atoms with van der Waals surface area (Å²) in [6, 6.07) is 0. The minimum Gasteiger partial charge on any atom is -0.390 e. The summed E-state index contributed by atoms with van der Waals surface area (Å²) in [5.41, 5.74) is -0.0417. The van der Waals surface area contributed by atoms with Gasteiger partial charge in [0.15, 0.2) is 0 Å². The first-order valence-electron chi connectivity index (χ1n) is 2.32. The smallest absolute Gasteiger partial charge is 0.211 e. The van der Waals surface area contributed by atoms with Gasteiger partial charge in [0.05, 0.1) is 5.60 Å². The summed E-state index contributed by atoms with van der Waals surface area (Å²) in [7, 11) is 0. The van der Waals surface area contributed by atoms with Gasteiger partial charge in [0, 0.05) is 0 Å². The zero-order chi connectivity index (χ0) is 4.62. The van der Waals surface area contributed by atoms with Crippen molar-refractivity contribution in [3.8, 4) is 0 Å². The van der Waals surface area contributed by atoms with E-state index in [-0.39, 0.29) is 5.60 Å². The average Bonchev–Trinajstić information content (AvgIpc) is 2.22. The van der Waals surface area contributed by atoms with E-state index in [1.54, 1.807) is 0 Å². The van der Waals surface area contributed by atoms with Crippen LogP contribution in [0.15, 0.2) is 0 Å². The minimum absolute atomic E-state index is 0.0417. The van der Waals surface area contributed by atoms with Crippen molar-refractivity contribution in [1.82, 2.24) is 0 Å². The molecule has 1 N–H and O–H groups in total. The predicted octanol–water partition coefficient (Wildman–Crippen LogP) is 0.531. The van der Waals surface area contributed by atoms with Crippen molar-refractivity contribution in [2.45, 2.75) is 25.4 Å². The van der Waals surface area contributed by atoms with Gasteiger partial charge < -0.3 is 5.11 Å². The van der Waals surface area contributed by atoms with E-state index in [0.29, 0.717) is 0 Å². The summed E-state index contributed by atoms with van der Waals surface area (Å²) in [6.07, 6.45) is 2.13. The summed E-state index contributed by atoms with van der Waals surface area (Å²) in [5.74, 6) is 0. The summed E-state index contributed by atoms with van der Waals surface area (Å²) in [6.45, 7) is 1.94. The maximum Gasteiger partial charge on any atom is 0.211 e. The normalized spacial score (nSPS) is 32.6. The van der Waals surface area contributed by atoms with Crippen LogP contribution in [-0.4, -0.2) is 12.1 Å². The molecule has 5 heavy (non-hydrogen) atoms. The first-order chi connectivity index (χ1) is 2.77. The van der Waals surface area contributed by atoms with Crippen LogP contribution in [0.25, 0.3) is 0 Å². The number of hydrogen-bond donors (Lipinski definition) is 1. The van der Waals surface area contributed by atoms with Crippen LogP contribution in [0, 0.1) is 0 Å². The highest BCUT2D eigenvalue weighted by Crippen LogP contribution is 2.33. The Morgan fingerprint density at radius 1 is 2.00 bits per heavy atom. The molecule has 1 saturated carbocycles. The Balaban J connectivity index is 2.28. The second kappa shape index (κ2) is 0.548. The fraction of sp³-hybridized carbons (Fsp3) is 1.00. The minimum atomic E-state index is -0.0417. The lowest BCUT2D eigenvalue weighted by molar-refractivity contribution is 0.172. The lowest BCUT2D eigenvalue weighted by Crippen LogP contribution is -1.94. The van der Waals surface area contributed by atoms with Crippen molar-refractivity contribution in [3.63, 3.8) is 0 Å². The molecule has 0 aromatic rings. The van der Waals surface area contributed by atoms with E-state index in [1.807, 2.05) is 6.92 Å². The molecule has 1 rings (SSSR count). The Morgan fingerprint density at radius 2 is 2.60 bits per heavy atom. The van der Waals surface area contributed by atoms with Crippen LogP contribution < -0.4 is 0 Å². The van der Waals surface area contributed by atoms with Crippen LogP contribution in [0.1, 0.15) is 19.8 Å². The van der Waals surface area contributed by atoms with Gasteiger partial charge in [-0.1, -0.05) is 0 Å². The van der Waals surface area contributed by atoms with Gasteiger partial charge in [0.1, 0.15) is 0 Å². The topological polar surface area (TPSA) is 20.2 Å². The molecule has 30 valence electrons. The predicted molar refractivity (Wildman–Crippen MR) is 19.9 cm³/mol. The molecule has 0 aromatic heterocycles. The summed E-state index contributed by atoms with van der Waals surface area (Å²) < 4.78 is 6.42. The Morgan fingerprint density at radius 3 is 2.60 bits per heavy atom. The van der Waals surface area contributed by atoms with Gasteiger partial charge >= 0.3 is 0 Å². The zero-order valence-corrected chi connectivity index (χ0v) is 3.32. The summed E-state index contributed by atoms with van der Waals surface area (Å²) in [4.78, 5) is 0. The molecule has 0 saturated heterocycles.